The number of hydrogen-bond acceptors (Lipinski definition) is 1. The number of aliphatic hydroxyl groups is 1. The van der Waals surface area contributed by atoms with E-state index in [1.54, 1.807) is 6.07 Å². The smallest absolute Gasteiger partial charge is 0.123 e. The summed E-state index contributed by atoms with van der Waals surface area (Å²) in [6.45, 7) is 5.72. The van der Waals surface area contributed by atoms with Crippen LogP contribution in [0.15, 0.2) is 18.2 Å². The summed E-state index contributed by atoms with van der Waals surface area (Å²) < 4.78 is 13.0. The molecule has 0 fully saturated rings. The van der Waals surface area contributed by atoms with Gasteiger partial charge in [0.15, 0.2) is 0 Å². The molecule has 0 heterocycles. The topological polar surface area (TPSA) is 20.2 Å². The summed E-state index contributed by atoms with van der Waals surface area (Å²) in [4.78, 5) is 0. The molecule has 0 aliphatic carbocycles. The molecule has 0 unspecified atom stereocenters. The van der Waals surface area contributed by atoms with Crippen LogP contribution in [0.25, 0.3) is 0 Å². The van der Waals surface area contributed by atoms with Gasteiger partial charge in [-0.1, -0.05) is 19.9 Å². The van der Waals surface area contributed by atoms with Gasteiger partial charge in [-0.25, -0.2) is 4.39 Å². The lowest BCUT2D eigenvalue weighted by molar-refractivity contribution is 0.0275. The normalized spacial score (nSPS) is 11.8. The average Bonchev–Trinajstić information content (AvgIpc) is 2.20. The van der Waals surface area contributed by atoms with Crippen LogP contribution >= 0.6 is 0 Å². The van der Waals surface area contributed by atoms with Crippen LogP contribution in [-0.4, -0.2) is 5.11 Å². The molecule has 0 radical (unpaired) electrons. The van der Waals surface area contributed by atoms with Gasteiger partial charge in [0, 0.05) is 0 Å². The largest absolute Gasteiger partial charge is 0.385 e. The minimum Gasteiger partial charge on any atom is -0.385 e. The van der Waals surface area contributed by atoms with Crippen LogP contribution in [0, 0.1) is 12.7 Å². The van der Waals surface area contributed by atoms with Crippen molar-refractivity contribution < 1.29 is 9.50 Å². The van der Waals surface area contributed by atoms with Crippen LogP contribution in [0.1, 0.15) is 37.8 Å². The summed E-state index contributed by atoms with van der Waals surface area (Å²) in [6.07, 6.45) is 1.21. The zero-order valence-electron chi connectivity index (χ0n) is 8.97. The van der Waals surface area contributed by atoms with Crippen molar-refractivity contribution in [1.82, 2.24) is 0 Å². The summed E-state index contributed by atoms with van der Waals surface area (Å²) in [5.74, 6) is -0.286. The molecule has 0 amide bonds. The minimum atomic E-state index is -0.883. The van der Waals surface area contributed by atoms with Gasteiger partial charge in [0.2, 0.25) is 0 Å². The third-order valence-electron chi connectivity index (χ3n) is 2.87. The summed E-state index contributed by atoms with van der Waals surface area (Å²) in [7, 11) is 0. The highest BCUT2D eigenvalue weighted by atomic mass is 19.1. The SMILES string of the molecule is CCC(O)(CC)c1cc(F)ccc1C. The second-order valence-corrected chi connectivity index (χ2v) is 3.70. The molecule has 0 saturated heterocycles. The van der Waals surface area contributed by atoms with Crippen LogP contribution in [0.4, 0.5) is 4.39 Å². The molecule has 0 bridgehead atoms. The van der Waals surface area contributed by atoms with Crippen molar-refractivity contribution in [3.05, 3.63) is 35.1 Å². The van der Waals surface area contributed by atoms with Crippen LogP contribution < -0.4 is 0 Å². The molecular formula is C12H17FO. The Morgan fingerprint density at radius 1 is 1.29 bits per heavy atom. The van der Waals surface area contributed by atoms with Gasteiger partial charge in [-0.2, -0.15) is 0 Å². The van der Waals surface area contributed by atoms with Crippen molar-refractivity contribution in [3.63, 3.8) is 0 Å². The van der Waals surface area contributed by atoms with Crippen molar-refractivity contribution >= 4 is 0 Å². The first-order valence-electron chi connectivity index (χ1n) is 5.02. The Hall–Kier alpha value is -0.890. The fourth-order valence-electron chi connectivity index (χ4n) is 1.73. The molecule has 1 aromatic carbocycles. The molecule has 0 aromatic heterocycles. The van der Waals surface area contributed by atoms with Crippen LogP contribution in [0.5, 0.6) is 0 Å². The van der Waals surface area contributed by atoms with E-state index in [4.69, 9.17) is 0 Å². The highest BCUT2D eigenvalue weighted by Crippen LogP contribution is 2.31. The molecule has 14 heavy (non-hydrogen) atoms. The van der Waals surface area contributed by atoms with Crippen LogP contribution in [-0.2, 0) is 5.60 Å². The summed E-state index contributed by atoms with van der Waals surface area (Å²) >= 11 is 0. The molecule has 0 aliphatic heterocycles. The Morgan fingerprint density at radius 3 is 2.36 bits per heavy atom. The molecule has 0 spiro atoms. The van der Waals surface area contributed by atoms with Crippen molar-refractivity contribution in [2.24, 2.45) is 0 Å². The number of benzene rings is 1. The van der Waals surface area contributed by atoms with E-state index in [1.807, 2.05) is 20.8 Å². The molecule has 1 aromatic rings. The van der Waals surface area contributed by atoms with E-state index >= 15 is 0 Å². The van der Waals surface area contributed by atoms with E-state index in [0.29, 0.717) is 18.4 Å². The molecule has 0 atom stereocenters. The molecule has 1 rings (SSSR count). The zero-order valence-corrected chi connectivity index (χ0v) is 8.97. The highest BCUT2D eigenvalue weighted by molar-refractivity contribution is 5.31. The van der Waals surface area contributed by atoms with E-state index < -0.39 is 5.60 Å². The van der Waals surface area contributed by atoms with Gasteiger partial charge in [-0.15, -0.1) is 0 Å². The van der Waals surface area contributed by atoms with Crippen LogP contribution in [0.3, 0.4) is 0 Å². The molecule has 1 N–H and O–H groups in total. The fraction of sp³-hybridized carbons (Fsp3) is 0.500. The molecular weight excluding hydrogens is 179 g/mol. The lowest BCUT2D eigenvalue weighted by Gasteiger charge is -2.27. The first kappa shape index (κ1) is 11.2. The zero-order chi connectivity index (χ0) is 10.8. The number of rotatable bonds is 3. The Labute approximate surface area is 84.6 Å². The summed E-state index contributed by atoms with van der Waals surface area (Å²) in [5.41, 5.74) is 0.770. The summed E-state index contributed by atoms with van der Waals surface area (Å²) in [6, 6.07) is 4.56. The van der Waals surface area contributed by atoms with Gasteiger partial charge >= 0.3 is 0 Å². The number of hydrogen-bond donors (Lipinski definition) is 1. The van der Waals surface area contributed by atoms with Gasteiger partial charge < -0.3 is 5.11 Å². The van der Waals surface area contributed by atoms with Crippen molar-refractivity contribution in [2.75, 3.05) is 0 Å². The van der Waals surface area contributed by atoms with Gasteiger partial charge in [0.05, 0.1) is 5.60 Å². The van der Waals surface area contributed by atoms with E-state index in [2.05, 4.69) is 0 Å². The van der Waals surface area contributed by atoms with Gasteiger partial charge in [0.1, 0.15) is 5.82 Å². The van der Waals surface area contributed by atoms with E-state index in [0.717, 1.165) is 5.56 Å². The quantitative estimate of drug-likeness (QED) is 0.787. The third-order valence-corrected chi connectivity index (χ3v) is 2.87. The second kappa shape index (κ2) is 4.09. The third kappa shape index (κ3) is 1.95. The number of aryl methyl sites for hydroxylation is 1. The van der Waals surface area contributed by atoms with Gasteiger partial charge in [-0.3, -0.25) is 0 Å². The predicted octanol–water partition coefficient (Wildman–Crippen LogP) is 3.14. The average molecular weight is 196 g/mol. The van der Waals surface area contributed by atoms with Crippen molar-refractivity contribution in [1.29, 1.82) is 0 Å². The second-order valence-electron chi connectivity index (χ2n) is 3.70. The number of halogens is 1. The fourth-order valence-corrected chi connectivity index (χ4v) is 1.73. The predicted molar refractivity (Wildman–Crippen MR) is 55.6 cm³/mol. The van der Waals surface area contributed by atoms with Gasteiger partial charge in [-0.05, 0) is 43.0 Å². The van der Waals surface area contributed by atoms with E-state index in [-0.39, 0.29) is 5.82 Å². The lowest BCUT2D eigenvalue weighted by atomic mass is 9.86. The standard InChI is InChI=1S/C12H17FO/c1-4-12(14,5-2)11-8-10(13)7-6-9(11)3/h6-8,14H,4-5H2,1-3H3. The maximum absolute atomic E-state index is 13.0. The van der Waals surface area contributed by atoms with Gasteiger partial charge in [0.25, 0.3) is 0 Å². The van der Waals surface area contributed by atoms with Crippen molar-refractivity contribution in [3.8, 4) is 0 Å². The maximum Gasteiger partial charge on any atom is 0.123 e. The summed E-state index contributed by atoms with van der Waals surface area (Å²) in [5, 5.41) is 10.2. The Kier molecular flexibility index (Phi) is 3.27. The van der Waals surface area contributed by atoms with Crippen molar-refractivity contribution in [2.45, 2.75) is 39.2 Å². The minimum absolute atomic E-state index is 0.286. The molecule has 2 heteroatoms. The molecule has 1 nitrogen and oxygen atoms in total. The molecule has 0 saturated carbocycles. The maximum atomic E-state index is 13.0. The first-order valence-corrected chi connectivity index (χ1v) is 5.02. The highest BCUT2D eigenvalue weighted by Gasteiger charge is 2.26. The Balaban J connectivity index is 3.22. The lowest BCUT2D eigenvalue weighted by Crippen LogP contribution is -2.24. The Morgan fingerprint density at radius 2 is 1.86 bits per heavy atom. The van der Waals surface area contributed by atoms with Crippen LogP contribution in [0.2, 0.25) is 0 Å². The monoisotopic (exact) mass is 196 g/mol. The molecule has 0 aliphatic rings. The van der Waals surface area contributed by atoms with E-state index in [1.165, 1.54) is 12.1 Å². The molecule has 78 valence electrons. The Bertz CT molecular complexity index is 316. The van der Waals surface area contributed by atoms with E-state index in [9.17, 15) is 9.50 Å². The first-order chi connectivity index (χ1) is 6.53.